The van der Waals surface area contributed by atoms with Crippen LogP contribution in [0.2, 0.25) is 0 Å². The van der Waals surface area contributed by atoms with Crippen molar-refractivity contribution in [2.24, 2.45) is 0 Å². The Kier molecular flexibility index (Phi) is 4.81. The number of fused-ring (bicyclic) bond motifs is 1. The van der Waals surface area contributed by atoms with E-state index in [-0.39, 0.29) is 11.9 Å². The minimum absolute atomic E-state index is 0.0504. The third-order valence-corrected chi connectivity index (χ3v) is 4.35. The molecule has 1 aliphatic carbocycles. The minimum Gasteiger partial charge on any atom is -0.481 e. The van der Waals surface area contributed by atoms with Gasteiger partial charge in [0, 0.05) is 0 Å². The van der Waals surface area contributed by atoms with Gasteiger partial charge in [0.05, 0.1) is 17.7 Å². The monoisotopic (exact) mass is 320 g/mol. The van der Waals surface area contributed by atoms with E-state index in [1.54, 1.807) is 31.2 Å². The second-order valence-corrected chi connectivity index (χ2v) is 6.05. The fourth-order valence-electron chi connectivity index (χ4n) is 3.06. The molecule has 2 aromatic rings. The lowest BCUT2D eigenvalue weighted by atomic mass is 9.87. The average Bonchev–Trinajstić information content (AvgIpc) is 2.62. The highest BCUT2D eigenvalue weighted by Gasteiger charge is 2.24. The summed E-state index contributed by atoms with van der Waals surface area (Å²) in [6, 6.07) is 17.2. The van der Waals surface area contributed by atoms with Crippen LogP contribution in [0.5, 0.6) is 5.75 Å². The lowest BCUT2D eigenvalue weighted by molar-refractivity contribution is -0.128. The highest BCUT2D eigenvalue weighted by Crippen LogP contribution is 2.29. The molecular formula is C20H20N2O2. The molecule has 2 atom stereocenters. The third-order valence-electron chi connectivity index (χ3n) is 4.35. The van der Waals surface area contributed by atoms with E-state index < -0.39 is 6.10 Å². The van der Waals surface area contributed by atoms with Crippen LogP contribution in [-0.4, -0.2) is 12.0 Å². The highest BCUT2D eigenvalue weighted by molar-refractivity contribution is 5.81. The van der Waals surface area contributed by atoms with Crippen molar-refractivity contribution in [3.05, 3.63) is 65.2 Å². The van der Waals surface area contributed by atoms with E-state index >= 15 is 0 Å². The molecule has 4 heteroatoms. The second kappa shape index (κ2) is 7.18. The van der Waals surface area contributed by atoms with Gasteiger partial charge in [0.2, 0.25) is 0 Å². The zero-order valence-electron chi connectivity index (χ0n) is 13.7. The molecular weight excluding hydrogens is 300 g/mol. The Labute approximate surface area is 142 Å². The van der Waals surface area contributed by atoms with Crippen molar-refractivity contribution in [1.29, 1.82) is 5.26 Å². The van der Waals surface area contributed by atoms with Crippen LogP contribution in [0.3, 0.4) is 0 Å². The van der Waals surface area contributed by atoms with E-state index in [0.29, 0.717) is 11.3 Å². The SMILES string of the molecule is C[C@@H](Oc1ccc(C#N)cc1)C(=O)N[C@@H]1CCCc2ccccc21. The summed E-state index contributed by atoms with van der Waals surface area (Å²) in [7, 11) is 0. The van der Waals surface area contributed by atoms with Crippen molar-refractivity contribution >= 4 is 5.91 Å². The molecule has 0 heterocycles. The van der Waals surface area contributed by atoms with E-state index in [1.807, 2.05) is 12.1 Å². The van der Waals surface area contributed by atoms with Crippen LogP contribution in [0.4, 0.5) is 0 Å². The van der Waals surface area contributed by atoms with Crippen LogP contribution in [0.15, 0.2) is 48.5 Å². The molecule has 3 rings (SSSR count). The third kappa shape index (κ3) is 3.57. The Hall–Kier alpha value is -2.80. The summed E-state index contributed by atoms with van der Waals surface area (Å²) in [4.78, 5) is 12.5. The average molecular weight is 320 g/mol. The van der Waals surface area contributed by atoms with Gasteiger partial charge in [-0.3, -0.25) is 4.79 Å². The van der Waals surface area contributed by atoms with Crippen molar-refractivity contribution in [2.75, 3.05) is 0 Å². The molecule has 0 unspecified atom stereocenters. The van der Waals surface area contributed by atoms with Crippen molar-refractivity contribution in [2.45, 2.75) is 38.3 Å². The van der Waals surface area contributed by atoms with Crippen LogP contribution in [-0.2, 0) is 11.2 Å². The Morgan fingerprint density at radius 2 is 2.00 bits per heavy atom. The number of hydrogen-bond donors (Lipinski definition) is 1. The molecule has 2 aromatic carbocycles. The van der Waals surface area contributed by atoms with E-state index in [9.17, 15) is 4.79 Å². The maximum absolute atomic E-state index is 12.5. The summed E-state index contributed by atoms with van der Waals surface area (Å²) in [6.07, 6.45) is 2.51. The number of carbonyl (C=O) groups excluding carboxylic acids is 1. The maximum atomic E-state index is 12.5. The number of nitrogens with zero attached hydrogens (tertiary/aromatic N) is 1. The number of hydrogen-bond acceptors (Lipinski definition) is 3. The number of carbonyl (C=O) groups is 1. The van der Waals surface area contributed by atoms with Crippen LogP contribution < -0.4 is 10.1 Å². The Bertz CT molecular complexity index is 762. The van der Waals surface area contributed by atoms with E-state index in [4.69, 9.17) is 10.00 Å². The Morgan fingerprint density at radius 3 is 2.75 bits per heavy atom. The van der Waals surface area contributed by atoms with Crippen LogP contribution in [0, 0.1) is 11.3 Å². The summed E-state index contributed by atoms with van der Waals surface area (Å²) in [5.74, 6) is 0.460. The fourth-order valence-corrected chi connectivity index (χ4v) is 3.06. The van der Waals surface area contributed by atoms with Crippen molar-refractivity contribution in [1.82, 2.24) is 5.32 Å². The smallest absolute Gasteiger partial charge is 0.261 e. The number of aryl methyl sites for hydroxylation is 1. The van der Waals surface area contributed by atoms with Gasteiger partial charge in [0.1, 0.15) is 5.75 Å². The van der Waals surface area contributed by atoms with Gasteiger partial charge < -0.3 is 10.1 Å². The lowest BCUT2D eigenvalue weighted by Gasteiger charge is -2.27. The van der Waals surface area contributed by atoms with Crippen molar-refractivity contribution < 1.29 is 9.53 Å². The predicted octanol–water partition coefficient (Wildman–Crippen LogP) is 3.52. The first kappa shape index (κ1) is 16.1. The van der Waals surface area contributed by atoms with Gasteiger partial charge >= 0.3 is 0 Å². The molecule has 24 heavy (non-hydrogen) atoms. The molecule has 1 N–H and O–H groups in total. The minimum atomic E-state index is -0.591. The van der Waals surface area contributed by atoms with Crippen LogP contribution in [0.1, 0.15) is 42.5 Å². The zero-order valence-corrected chi connectivity index (χ0v) is 13.7. The molecule has 0 saturated carbocycles. The van der Waals surface area contributed by atoms with Gasteiger partial charge in [-0.1, -0.05) is 24.3 Å². The van der Waals surface area contributed by atoms with E-state index in [1.165, 1.54) is 11.1 Å². The van der Waals surface area contributed by atoms with Crippen molar-refractivity contribution in [3.8, 4) is 11.8 Å². The first-order valence-electron chi connectivity index (χ1n) is 8.22. The molecule has 0 bridgehead atoms. The molecule has 0 aliphatic heterocycles. The van der Waals surface area contributed by atoms with Crippen LogP contribution >= 0.6 is 0 Å². The van der Waals surface area contributed by atoms with Crippen LogP contribution in [0.25, 0.3) is 0 Å². The molecule has 0 fully saturated rings. The Balaban J connectivity index is 1.63. The number of nitriles is 1. The molecule has 0 radical (unpaired) electrons. The van der Waals surface area contributed by atoms with E-state index in [0.717, 1.165) is 19.3 Å². The molecule has 0 spiro atoms. The largest absolute Gasteiger partial charge is 0.481 e. The fraction of sp³-hybridized carbons (Fsp3) is 0.300. The molecule has 1 amide bonds. The number of ether oxygens (including phenoxy) is 1. The second-order valence-electron chi connectivity index (χ2n) is 6.05. The first-order valence-corrected chi connectivity index (χ1v) is 8.22. The molecule has 1 aliphatic rings. The normalized spacial score (nSPS) is 17.2. The van der Waals surface area contributed by atoms with Gasteiger partial charge in [-0.25, -0.2) is 0 Å². The summed E-state index contributed by atoms with van der Waals surface area (Å²) >= 11 is 0. The predicted molar refractivity (Wildman–Crippen MR) is 91.5 cm³/mol. The van der Waals surface area contributed by atoms with Crippen molar-refractivity contribution in [3.63, 3.8) is 0 Å². The van der Waals surface area contributed by atoms with Gasteiger partial charge in [0.25, 0.3) is 5.91 Å². The number of benzene rings is 2. The lowest BCUT2D eigenvalue weighted by Crippen LogP contribution is -2.39. The zero-order chi connectivity index (χ0) is 16.9. The summed E-state index contributed by atoms with van der Waals surface area (Å²) in [5.41, 5.74) is 3.09. The first-order chi connectivity index (χ1) is 11.7. The number of rotatable bonds is 4. The van der Waals surface area contributed by atoms with Gasteiger partial charge in [-0.15, -0.1) is 0 Å². The number of nitrogens with one attached hydrogen (secondary N) is 1. The summed E-state index contributed by atoms with van der Waals surface area (Å²) in [5, 5.41) is 11.9. The van der Waals surface area contributed by atoms with E-state index in [2.05, 4.69) is 23.5 Å². The standard InChI is InChI=1S/C20H20N2O2/c1-14(24-17-11-9-15(13-21)10-12-17)20(23)22-19-8-4-6-16-5-2-3-7-18(16)19/h2-3,5,7,9-12,14,19H,4,6,8H2,1H3,(H,22,23)/t14-,19-/m1/s1. The van der Waals surface area contributed by atoms with Gasteiger partial charge in [-0.05, 0) is 61.6 Å². The van der Waals surface area contributed by atoms with Gasteiger partial charge in [0.15, 0.2) is 6.10 Å². The van der Waals surface area contributed by atoms with Gasteiger partial charge in [-0.2, -0.15) is 5.26 Å². The molecule has 0 aromatic heterocycles. The maximum Gasteiger partial charge on any atom is 0.261 e. The molecule has 4 nitrogen and oxygen atoms in total. The quantitative estimate of drug-likeness (QED) is 0.937. The summed E-state index contributed by atoms with van der Waals surface area (Å²) < 4.78 is 5.68. The summed E-state index contributed by atoms with van der Waals surface area (Å²) in [6.45, 7) is 1.74. The number of amides is 1. The Morgan fingerprint density at radius 1 is 1.25 bits per heavy atom. The molecule has 0 saturated heterocycles. The highest BCUT2D eigenvalue weighted by atomic mass is 16.5. The topological polar surface area (TPSA) is 62.1 Å². The molecule has 122 valence electrons.